The van der Waals surface area contributed by atoms with Gasteiger partial charge in [-0.2, -0.15) is 0 Å². The van der Waals surface area contributed by atoms with E-state index in [1.807, 2.05) is 7.05 Å². The lowest BCUT2D eigenvalue weighted by atomic mass is 10.1. The summed E-state index contributed by atoms with van der Waals surface area (Å²) in [6.45, 7) is 8.42. The Morgan fingerprint density at radius 1 is 1.29 bits per heavy atom. The summed E-state index contributed by atoms with van der Waals surface area (Å²) in [6, 6.07) is 0. The number of anilines is 1. The molecule has 14 heavy (non-hydrogen) atoms. The molecule has 3 heteroatoms. The lowest BCUT2D eigenvalue weighted by Gasteiger charge is -2.12. The molecule has 0 atom stereocenters. The van der Waals surface area contributed by atoms with Gasteiger partial charge in [-0.15, -0.1) is 0 Å². The van der Waals surface area contributed by atoms with Crippen molar-refractivity contribution in [3.63, 3.8) is 0 Å². The smallest absolute Gasteiger partial charge is 0.133 e. The van der Waals surface area contributed by atoms with E-state index in [1.54, 1.807) is 0 Å². The molecule has 0 aliphatic heterocycles. The van der Waals surface area contributed by atoms with Gasteiger partial charge in [-0.3, -0.25) is 0 Å². The molecule has 0 unspecified atom stereocenters. The van der Waals surface area contributed by atoms with Crippen molar-refractivity contribution in [1.82, 2.24) is 9.97 Å². The van der Waals surface area contributed by atoms with Crippen LogP contribution in [0.3, 0.4) is 0 Å². The molecule has 0 spiro atoms. The van der Waals surface area contributed by atoms with Gasteiger partial charge in [0.25, 0.3) is 0 Å². The molecular weight excluding hydrogens is 174 g/mol. The highest BCUT2D eigenvalue weighted by molar-refractivity contribution is 5.45. The van der Waals surface area contributed by atoms with Crippen molar-refractivity contribution in [2.45, 2.75) is 40.0 Å². The van der Waals surface area contributed by atoms with Crippen LogP contribution in [0.4, 0.5) is 5.82 Å². The summed E-state index contributed by atoms with van der Waals surface area (Å²) >= 11 is 0. The zero-order valence-electron chi connectivity index (χ0n) is 9.68. The van der Waals surface area contributed by atoms with Crippen LogP contribution in [0.25, 0.3) is 0 Å². The fourth-order valence-electron chi connectivity index (χ4n) is 1.43. The van der Waals surface area contributed by atoms with E-state index < -0.39 is 0 Å². The molecule has 1 rings (SSSR count). The molecule has 0 saturated heterocycles. The molecule has 1 aromatic heterocycles. The minimum absolute atomic E-state index is 0.382. The van der Waals surface area contributed by atoms with Gasteiger partial charge in [0.1, 0.15) is 11.6 Å². The first-order valence-corrected chi connectivity index (χ1v) is 5.15. The lowest BCUT2D eigenvalue weighted by Crippen LogP contribution is -2.07. The quantitative estimate of drug-likeness (QED) is 0.801. The summed E-state index contributed by atoms with van der Waals surface area (Å²) in [5.74, 6) is 2.27. The third kappa shape index (κ3) is 2.03. The first-order valence-electron chi connectivity index (χ1n) is 5.15. The van der Waals surface area contributed by atoms with Gasteiger partial charge in [0.2, 0.25) is 0 Å². The first-order chi connectivity index (χ1) is 6.60. The Hall–Kier alpha value is -1.12. The van der Waals surface area contributed by atoms with Crippen LogP contribution in [0.5, 0.6) is 0 Å². The van der Waals surface area contributed by atoms with Crippen molar-refractivity contribution in [3.05, 3.63) is 17.1 Å². The van der Waals surface area contributed by atoms with Crippen LogP contribution in [0, 0.1) is 6.92 Å². The Balaban J connectivity index is 3.25. The SMILES string of the molecule is CCc1nc(C(C)C)nc(NC)c1C. The zero-order chi connectivity index (χ0) is 10.7. The predicted molar refractivity (Wildman–Crippen MR) is 59.8 cm³/mol. The summed E-state index contributed by atoms with van der Waals surface area (Å²) in [5.41, 5.74) is 2.31. The van der Waals surface area contributed by atoms with Crippen LogP contribution in [0.2, 0.25) is 0 Å². The lowest BCUT2D eigenvalue weighted by molar-refractivity contribution is 0.756. The fourth-order valence-corrected chi connectivity index (χ4v) is 1.43. The maximum Gasteiger partial charge on any atom is 0.133 e. The molecule has 78 valence electrons. The molecule has 1 N–H and O–H groups in total. The minimum Gasteiger partial charge on any atom is -0.373 e. The average Bonchev–Trinajstić information content (AvgIpc) is 2.17. The Morgan fingerprint density at radius 3 is 2.36 bits per heavy atom. The van der Waals surface area contributed by atoms with E-state index in [1.165, 1.54) is 5.56 Å². The van der Waals surface area contributed by atoms with Crippen LogP contribution in [0.1, 0.15) is 43.8 Å². The Labute approximate surface area is 86.0 Å². The molecule has 1 aromatic rings. The van der Waals surface area contributed by atoms with Crippen LogP contribution < -0.4 is 5.32 Å². The van der Waals surface area contributed by atoms with E-state index in [0.717, 1.165) is 23.8 Å². The highest BCUT2D eigenvalue weighted by Crippen LogP contribution is 2.19. The summed E-state index contributed by atoms with van der Waals surface area (Å²) in [4.78, 5) is 9.02. The van der Waals surface area contributed by atoms with E-state index >= 15 is 0 Å². The number of nitrogens with zero attached hydrogens (tertiary/aromatic N) is 2. The highest BCUT2D eigenvalue weighted by Gasteiger charge is 2.10. The molecule has 0 fully saturated rings. The van der Waals surface area contributed by atoms with Crippen LogP contribution in [-0.2, 0) is 6.42 Å². The summed E-state index contributed by atoms with van der Waals surface area (Å²) < 4.78 is 0. The summed E-state index contributed by atoms with van der Waals surface area (Å²) in [5, 5.41) is 3.11. The van der Waals surface area contributed by atoms with Crippen molar-refractivity contribution in [2.24, 2.45) is 0 Å². The number of nitrogens with one attached hydrogen (secondary N) is 1. The summed E-state index contributed by atoms with van der Waals surface area (Å²) in [7, 11) is 1.90. The van der Waals surface area contributed by atoms with Gasteiger partial charge in [-0.05, 0) is 13.3 Å². The standard InChI is InChI=1S/C11H19N3/c1-6-9-8(4)11(12-5)14-10(13-9)7(2)3/h7H,6H2,1-5H3,(H,12,13,14). The van der Waals surface area contributed by atoms with Crippen molar-refractivity contribution in [3.8, 4) is 0 Å². The van der Waals surface area contributed by atoms with Crippen molar-refractivity contribution in [1.29, 1.82) is 0 Å². The first kappa shape index (κ1) is 11.0. The van der Waals surface area contributed by atoms with E-state index in [0.29, 0.717) is 5.92 Å². The van der Waals surface area contributed by atoms with Crippen molar-refractivity contribution < 1.29 is 0 Å². The van der Waals surface area contributed by atoms with Gasteiger partial charge in [0, 0.05) is 24.2 Å². The number of aryl methyl sites for hydroxylation is 1. The fraction of sp³-hybridized carbons (Fsp3) is 0.636. The molecular formula is C11H19N3. The zero-order valence-corrected chi connectivity index (χ0v) is 9.68. The monoisotopic (exact) mass is 193 g/mol. The average molecular weight is 193 g/mol. The second kappa shape index (κ2) is 4.40. The normalized spacial score (nSPS) is 10.7. The molecule has 0 aliphatic rings. The van der Waals surface area contributed by atoms with Gasteiger partial charge < -0.3 is 5.32 Å². The molecule has 0 aliphatic carbocycles. The second-order valence-corrected chi connectivity index (χ2v) is 3.76. The molecule has 3 nitrogen and oxygen atoms in total. The molecule has 0 aromatic carbocycles. The molecule has 0 radical (unpaired) electrons. The number of rotatable bonds is 3. The number of hydrogen-bond acceptors (Lipinski definition) is 3. The van der Waals surface area contributed by atoms with Gasteiger partial charge in [0.15, 0.2) is 0 Å². The third-order valence-corrected chi connectivity index (χ3v) is 2.35. The van der Waals surface area contributed by atoms with Crippen LogP contribution >= 0.6 is 0 Å². The maximum atomic E-state index is 4.55. The van der Waals surface area contributed by atoms with Gasteiger partial charge >= 0.3 is 0 Å². The number of hydrogen-bond donors (Lipinski definition) is 1. The predicted octanol–water partition coefficient (Wildman–Crippen LogP) is 2.51. The van der Waals surface area contributed by atoms with Crippen molar-refractivity contribution >= 4 is 5.82 Å². The van der Waals surface area contributed by atoms with E-state index in [-0.39, 0.29) is 0 Å². The molecule has 0 saturated carbocycles. The van der Waals surface area contributed by atoms with Crippen molar-refractivity contribution in [2.75, 3.05) is 12.4 Å². The van der Waals surface area contributed by atoms with Crippen LogP contribution in [0.15, 0.2) is 0 Å². The Bertz CT molecular complexity index is 293. The van der Waals surface area contributed by atoms with Gasteiger partial charge in [-0.25, -0.2) is 9.97 Å². The topological polar surface area (TPSA) is 37.8 Å². The van der Waals surface area contributed by atoms with Gasteiger partial charge in [0.05, 0.1) is 0 Å². The molecule has 0 bridgehead atoms. The molecule has 1 heterocycles. The van der Waals surface area contributed by atoms with Crippen LogP contribution in [-0.4, -0.2) is 17.0 Å². The molecule has 0 amide bonds. The maximum absolute atomic E-state index is 4.55. The van der Waals surface area contributed by atoms with E-state index in [2.05, 4.69) is 43.0 Å². The van der Waals surface area contributed by atoms with E-state index in [9.17, 15) is 0 Å². The Morgan fingerprint density at radius 2 is 1.93 bits per heavy atom. The Kier molecular flexibility index (Phi) is 3.44. The summed E-state index contributed by atoms with van der Waals surface area (Å²) in [6.07, 6.45) is 0.961. The third-order valence-electron chi connectivity index (χ3n) is 2.35. The largest absolute Gasteiger partial charge is 0.373 e. The second-order valence-electron chi connectivity index (χ2n) is 3.76. The van der Waals surface area contributed by atoms with Gasteiger partial charge in [-0.1, -0.05) is 20.8 Å². The number of aromatic nitrogens is 2. The van der Waals surface area contributed by atoms with E-state index in [4.69, 9.17) is 0 Å². The minimum atomic E-state index is 0.382. The highest BCUT2D eigenvalue weighted by atomic mass is 15.0.